The lowest BCUT2D eigenvalue weighted by molar-refractivity contribution is -0.385. The highest BCUT2D eigenvalue weighted by Crippen LogP contribution is 2.29. The number of aryl methyl sites for hydroxylation is 1. The average Bonchev–Trinajstić information content (AvgIpc) is 2.95. The number of halogens is 1. The maximum absolute atomic E-state index is 12.4. The van der Waals surface area contributed by atoms with E-state index in [2.05, 4.69) is 17.2 Å². The van der Waals surface area contributed by atoms with E-state index < -0.39 is 10.8 Å². The molecule has 0 saturated carbocycles. The van der Waals surface area contributed by atoms with Crippen LogP contribution in [0.4, 0.5) is 10.8 Å². The van der Waals surface area contributed by atoms with Gasteiger partial charge in [0.25, 0.3) is 11.6 Å². The molecule has 0 spiro atoms. The Morgan fingerprint density at radius 1 is 1.33 bits per heavy atom. The SMILES string of the molecule is CCc1ccc2nc(NC(=O)c3ccc(Cl)cc3[N+](=O)[O-])sc2c1. The summed E-state index contributed by atoms with van der Waals surface area (Å²) >= 11 is 7.09. The van der Waals surface area contributed by atoms with Crippen molar-refractivity contribution in [1.82, 2.24) is 4.98 Å². The van der Waals surface area contributed by atoms with Crippen LogP contribution < -0.4 is 5.32 Å². The molecular formula is C16H12ClN3O3S. The minimum atomic E-state index is -0.632. The smallest absolute Gasteiger partial charge is 0.283 e. The Morgan fingerprint density at radius 2 is 2.12 bits per heavy atom. The van der Waals surface area contributed by atoms with E-state index in [-0.39, 0.29) is 16.3 Å². The van der Waals surface area contributed by atoms with E-state index in [1.807, 2.05) is 18.2 Å². The summed E-state index contributed by atoms with van der Waals surface area (Å²) in [7, 11) is 0. The van der Waals surface area contributed by atoms with Crippen LogP contribution in [0.1, 0.15) is 22.8 Å². The summed E-state index contributed by atoms with van der Waals surface area (Å²) in [5, 5.41) is 14.3. The number of benzene rings is 2. The van der Waals surface area contributed by atoms with Crippen molar-refractivity contribution in [3.05, 3.63) is 62.7 Å². The second-order valence-electron chi connectivity index (χ2n) is 5.05. The van der Waals surface area contributed by atoms with E-state index in [0.29, 0.717) is 5.13 Å². The van der Waals surface area contributed by atoms with Crippen LogP contribution in [0.2, 0.25) is 5.02 Å². The minimum Gasteiger partial charge on any atom is -0.298 e. The van der Waals surface area contributed by atoms with Gasteiger partial charge in [0.2, 0.25) is 0 Å². The number of amides is 1. The van der Waals surface area contributed by atoms with Crippen LogP contribution in [0.5, 0.6) is 0 Å². The number of hydrogen-bond donors (Lipinski definition) is 1. The van der Waals surface area contributed by atoms with E-state index in [1.54, 1.807) is 0 Å². The number of anilines is 1. The molecule has 1 amide bonds. The number of aromatic nitrogens is 1. The van der Waals surface area contributed by atoms with Gasteiger partial charge in [-0.3, -0.25) is 20.2 Å². The molecule has 6 nitrogen and oxygen atoms in total. The zero-order chi connectivity index (χ0) is 17.3. The van der Waals surface area contributed by atoms with Gasteiger partial charge in [-0.1, -0.05) is 35.9 Å². The molecule has 2 aromatic carbocycles. The fourth-order valence-corrected chi connectivity index (χ4v) is 3.35. The molecule has 0 fully saturated rings. The molecule has 3 rings (SSSR count). The highest BCUT2D eigenvalue weighted by molar-refractivity contribution is 7.22. The van der Waals surface area contributed by atoms with Gasteiger partial charge in [-0.25, -0.2) is 4.98 Å². The first-order valence-corrected chi connectivity index (χ1v) is 8.32. The summed E-state index contributed by atoms with van der Waals surface area (Å²) in [5.41, 5.74) is 1.56. The van der Waals surface area contributed by atoms with Crippen LogP contribution in [-0.2, 0) is 6.42 Å². The third-order valence-corrected chi connectivity index (χ3v) is 4.65. The Balaban J connectivity index is 1.91. The molecule has 0 atom stereocenters. The van der Waals surface area contributed by atoms with Gasteiger partial charge in [0.1, 0.15) is 5.56 Å². The van der Waals surface area contributed by atoms with Crippen molar-refractivity contribution < 1.29 is 9.72 Å². The van der Waals surface area contributed by atoms with Crippen molar-refractivity contribution in [2.24, 2.45) is 0 Å². The molecular weight excluding hydrogens is 350 g/mol. The molecule has 122 valence electrons. The Hall–Kier alpha value is -2.51. The summed E-state index contributed by atoms with van der Waals surface area (Å²) in [5.74, 6) is -0.590. The summed E-state index contributed by atoms with van der Waals surface area (Å²) in [6, 6.07) is 9.83. The highest BCUT2D eigenvalue weighted by Gasteiger charge is 2.21. The van der Waals surface area contributed by atoms with E-state index in [9.17, 15) is 14.9 Å². The van der Waals surface area contributed by atoms with E-state index in [4.69, 9.17) is 11.6 Å². The number of nitro benzene ring substituents is 1. The van der Waals surface area contributed by atoms with Crippen LogP contribution in [-0.4, -0.2) is 15.8 Å². The second-order valence-corrected chi connectivity index (χ2v) is 6.51. The standard InChI is InChI=1S/C16H12ClN3O3S/c1-2-9-3-6-12-14(7-9)24-16(18-12)19-15(21)11-5-4-10(17)8-13(11)20(22)23/h3-8H,2H2,1H3,(H,18,19,21). The number of nitro groups is 1. The molecule has 0 bridgehead atoms. The lowest BCUT2D eigenvalue weighted by Gasteiger charge is -2.03. The van der Waals surface area contributed by atoms with Gasteiger partial charge in [-0.2, -0.15) is 0 Å². The number of hydrogen-bond acceptors (Lipinski definition) is 5. The van der Waals surface area contributed by atoms with Gasteiger partial charge in [0.05, 0.1) is 15.1 Å². The Kier molecular flexibility index (Phi) is 4.46. The lowest BCUT2D eigenvalue weighted by atomic mass is 10.1. The van der Waals surface area contributed by atoms with Crippen molar-refractivity contribution in [3.8, 4) is 0 Å². The number of carbonyl (C=O) groups excluding carboxylic acids is 1. The van der Waals surface area contributed by atoms with Gasteiger partial charge < -0.3 is 0 Å². The topological polar surface area (TPSA) is 85.1 Å². The number of fused-ring (bicyclic) bond motifs is 1. The Morgan fingerprint density at radius 3 is 2.83 bits per heavy atom. The van der Waals surface area contributed by atoms with Crippen molar-refractivity contribution in [2.75, 3.05) is 5.32 Å². The molecule has 0 aliphatic carbocycles. The number of carbonyl (C=O) groups is 1. The second kappa shape index (κ2) is 6.54. The zero-order valence-electron chi connectivity index (χ0n) is 12.6. The van der Waals surface area contributed by atoms with E-state index >= 15 is 0 Å². The van der Waals surface area contributed by atoms with Gasteiger partial charge in [-0.05, 0) is 36.2 Å². The quantitative estimate of drug-likeness (QED) is 0.540. The van der Waals surface area contributed by atoms with Crippen molar-refractivity contribution >= 4 is 49.9 Å². The van der Waals surface area contributed by atoms with Crippen LogP contribution in [0.3, 0.4) is 0 Å². The first kappa shape index (κ1) is 16.4. The normalized spacial score (nSPS) is 10.8. The highest BCUT2D eigenvalue weighted by atomic mass is 35.5. The van der Waals surface area contributed by atoms with E-state index in [1.165, 1.54) is 29.0 Å². The predicted octanol–water partition coefficient (Wildman–Crippen LogP) is 4.67. The summed E-state index contributed by atoms with van der Waals surface area (Å²) in [4.78, 5) is 27.2. The van der Waals surface area contributed by atoms with Gasteiger partial charge in [-0.15, -0.1) is 0 Å². The monoisotopic (exact) mass is 361 g/mol. The molecule has 1 aromatic heterocycles. The molecule has 1 heterocycles. The Bertz CT molecular complexity index is 955. The summed E-state index contributed by atoms with van der Waals surface area (Å²) in [6.07, 6.45) is 0.909. The van der Waals surface area contributed by atoms with Crippen molar-refractivity contribution in [1.29, 1.82) is 0 Å². The lowest BCUT2D eigenvalue weighted by Crippen LogP contribution is -2.13. The minimum absolute atomic E-state index is 0.0575. The summed E-state index contributed by atoms with van der Waals surface area (Å²) in [6.45, 7) is 2.06. The number of nitrogens with zero attached hydrogens (tertiary/aromatic N) is 2. The molecule has 0 radical (unpaired) electrons. The third kappa shape index (κ3) is 3.22. The molecule has 0 aliphatic rings. The van der Waals surface area contributed by atoms with Crippen LogP contribution in [0.25, 0.3) is 10.2 Å². The van der Waals surface area contributed by atoms with Crippen LogP contribution >= 0.6 is 22.9 Å². The van der Waals surface area contributed by atoms with Gasteiger partial charge in [0, 0.05) is 11.1 Å². The first-order valence-electron chi connectivity index (χ1n) is 7.12. The fourth-order valence-electron chi connectivity index (χ4n) is 2.25. The maximum Gasteiger partial charge on any atom is 0.283 e. The summed E-state index contributed by atoms with van der Waals surface area (Å²) < 4.78 is 0.954. The predicted molar refractivity (Wildman–Crippen MR) is 95.1 cm³/mol. The molecule has 0 unspecified atom stereocenters. The van der Waals surface area contributed by atoms with E-state index in [0.717, 1.165) is 22.7 Å². The van der Waals surface area contributed by atoms with Crippen molar-refractivity contribution in [3.63, 3.8) is 0 Å². The van der Waals surface area contributed by atoms with Crippen molar-refractivity contribution in [2.45, 2.75) is 13.3 Å². The average molecular weight is 362 g/mol. The molecule has 3 aromatic rings. The van der Waals surface area contributed by atoms with Crippen LogP contribution in [0.15, 0.2) is 36.4 Å². The maximum atomic E-state index is 12.4. The number of nitrogens with one attached hydrogen (secondary N) is 1. The molecule has 0 saturated heterocycles. The number of thiazole rings is 1. The largest absolute Gasteiger partial charge is 0.298 e. The molecule has 0 aliphatic heterocycles. The van der Waals surface area contributed by atoms with Gasteiger partial charge in [0.15, 0.2) is 5.13 Å². The molecule has 8 heteroatoms. The third-order valence-electron chi connectivity index (χ3n) is 3.48. The zero-order valence-corrected chi connectivity index (χ0v) is 14.1. The van der Waals surface area contributed by atoms with Crippen LogP contribution in [0, 0.1) is 10.1 Å². The number of rotatable bonds is 4. The Labute approximate surface area is 146 Å². The fraction of sp³-hybridized carbons (Fsp3) is 0.125. The molecule has 24 heavy (non-hydrogen) atoms. The first-order chi connectivity index (χ1) is 11.5. The molecule has 1 N–H and O–H groups in total. The van der Waals surface area contributed by atoms with Gasteiger partial charge >= 0.3 is 0 Å².